The number of carbonyl (C=O) groups is 1. The molecule has 29 heavy (non-hydrogen) atoms. The van der Waals surface area contributed by atoms with Gasteiger partial charge in [-0.05, 0) is 74.5 Å². The molecule has 0 saturated carbocycles. The highest BCUT2D eigenvalue weighted by atomic mass is 16.1. The number of likely N-dealkylation sites (tertiary alicyclic amines) is 1. The lowest BCUT2D eigenvalue weighted by Gasteiger charge is -2.35. The Labute approximate surface area is 175 Å². The molecule has 1 N–H and O–H groups in total. The predicted molar refractivity (Wildman–Crippen MR) is 121 cm³/mol. The molecule has 0 spiro atoms. The van der Waals surface area contributed by atoms with E-state index in [1.165, 1.54) is 49.5 Å². The van der Waals surface area contributed by atoms with Crippen LogP contribution in [0.2, 0.25) is 0 Å². The van der Waals surface area contributed by atoms with E-state index in [0.717, 1.165) is 37.7 Å². The number of rotatable bonds is 8. The number of benzene rings is 2. The molecular formula is C25H35N3O. The number of hydrogen-bond donors (Lipinski definition) is 1. The summed E-state index contributed by atoms with van der Waals surface area (Å²) in [6, 6.07) is 16.9. The van der Waals surface area contributed by atoms with Crippen molar-refractivity contribution >= 4 is 11.6 Å². The number of amides is 1. The van der Waals surface area contributed by atoms with Crippen LogP contribution in [0.5, 0.6) is 0 Å². The maximum Gasteiger partial charge on any atom is 0.221 e. The lowest BCUT2D eigenvalue weighted by atomic mass is 9.96. The first-order chi connectivity index (χ1) is 14.0. The van der Waals surface area contributed by atoms with Crippen molar-refractivity contribution in [1.82, 2.24) is 9.80 Å². The molecule has 4 nitrogen and oxygen atoms in total. The minimum atomic E-state index is -0.0286. The fourth-order valence-electron chi connectivity index (χ4n) is 4.39. The first-order valence-corrected chi connectivity index (χ1v) is 10.8. The molecule has 1 heterocycles. The summed E-state index contributed by atoms with van der Waals surface area (Å²) in [6.45, 7) is 9.43. The molecule has 1 amide bonds. The van der Waals surface area contributed by atoms with Crippen molar-refractivity contribution < 1.29 is 4.79 Å². The summed E-state index contributed by atoms with van der Waals surface area (Å²) < 4.78 is 0. The van der Waals surface area contributed by atoms with Crippen LogP contribution in [0.1, 0.15) is 36.5 Å². The van der Waals surface area contributed by atoms with Crippen molar-refractivity contribution in [3.8, 4) is 0 Å². The lowest BCUT2D eigenvalue weighted by molar-refractivity contribution is -0.114. The van der Waals surface area contributed by atoms with Gasteiger partial charge in [-0.3, -0.25) is 4.79 Å². The van der Waals surface area contributed by atoms with Crippen LogP contribution < -0.4 is 5.32 Å². The maximum atomic E-state index is 11.1. The molecule has 156 valence electrons. The van der Waals surface area contributed by atoms with Gasteiger partial charge in [-0.1, -0.05) is 36.4 Å². The molecule has 1 atom stereocenters. The Morgan fingerprint density at radius 2 is 1.93 bits per heavy atom. The van der Waals surface area contributed by atoms with Crippen molar-refractivity contribution in [1.29, 1.82) is 0 Å². The molecule has 0 unspecified atom stereocenters. The molecule has 0 aromatic heterocycles. The molecule has 3 rings (SSSR count). The third-order valence-electron chi connectivity index (χ3n) is 5.86. The molecule has 1 fully saturated rings. The molecule has 2 aromatic rings. The van der Waals surface area contributed by atoms with Crippen molar-refractivity contribution in [3.63, 3.8) is 0 Å². The first kappa shape index (κ1) is 21.5. The van der Waals surface area contributed by atoms with Gasteiger partial charge >= 0.3 is 0 Å². The molecule has 1 aliphatic heterocycles. The van der Waals surface area contributed by atoms with E-state index in [2.05, 4.69) is 65.5 Å². The Hall–Kier alpha value is -2.17. The molecule has 1 aliphatic rings. The van der Waals surface area contributed by atoms with Gasteiger partial charge in [0.15, 0.2) is 0 Å². The van der Waals surface area contributed by atoms with Crippen LogP contribution in [0, 0.1) is 12.8 Å². The van der Waals surface area contributed by atoms with Crippen LogP contribution in [-0.2, 0) is 17.8 Å². The first-order valence-electron chi connectivity index (χ1n) is 10.8. The maximum absolute atomic E-state index is 11.1. The van der Waals surface area contributed by atoms with Crippen LogP contribution in [0.15, 0.2) is 48.5 Å². The summed E-state index contributed by atoms with van der Waals surface area (Å²) in [5.74, 6) is 0.711. The van der Waals surface area contributed by atoms with Gasteiger partial charge in [-0.25, -0.2) is 0 Å². The van der Waals surface area contributed by atoms with Gasteiger partial charge < -0.3 is 15.1 Å². The molecule has 0 aliphatic carbocycles. The summed E-state index contributed by atoms with van der Waals surface area (Å²) in [5, 5.41) is 2.82. The fraction of sp³-hybridized carbons (Fsp3) is 0.480. The van der Waals surface area contributed by atoms with Gasteiger partial charge in [-0.2, -0.15) is 0 Å². The average Bonchev–Trinajstić information content (AvgIpc) is 2.69. The Balaban J connectivity index is 1.44. The fourth-order valence-corrected chi connectivity index (χ4v) is 4.39. The second-order valence-corrected chi connectivity index (χ2v) is 8.56. The van der Waals surface area contributed by atoms with E-state index in [1.807, 2.05) is 12.1 Å². The molecule has 0 bridgehead atoms. The summed E-state index contributed by atoms with van der Waals surface area (Å²) in [6.07, 6.45) is 3.78. The number of anilines is 1. The standard InChI is InChI=1S/C25H35N3O/c1-20-7-4-5-9-24(20)14-16-28-15-6-8-23(19-28)18-27(3)17-22-10-12-25(13-11-22)26-21(2)29/h4-5,7,9-13,23H,6,8,14-19H2,1-3H3,(H,26,29)/t23-/m0/s1. The average molecular weight is 394 g/mol. The highest BCUT2D eigenvalue weighted by Crippen LogP contribution is 2.19. The minimum absolute atomic E-state index is 0.0286. The molecule has 1 saturated heterocycles. The number of piperidine rings is 1. The summed E-state index contributed by atoms with van der Waals surface area (Å²) >= 11 is 0. The zero-order valence-electron chi connectivity index (χ0n) is 18.2. The van der Waals surface area contributed by atoms with E-state index in [1.54, 1.807) is 0 Å². The van der Waals surface area contributed by atoms with Crippen molar-refractivity contribution in [3.05, 3.63) is 65.2 Å². The van der Waals surface area contributed by atoms with E-state index in [0.29, 0.717) is 0 Å². The summed E-state index contributed by atoms with van der Waals surface area (Å²) in [7, 11) is 2.22. The number of aryl methyl sites for hydroxylation is 1. The lowest BCUT2D eigenvalue weighted by Crippen LogP contribution is -2.40. The van der Waals surface area contributed by atoms with Crippen LogP contribution >= 0.6 is 0 Å². The molecule has 2 aromatic carbocycles. The van der Waals surface area contributed by atoms with Gasteiger partial charge in [-0.15, -0.1) is 0 Å². The Bertz CT molecular complexity index is 787. The highest BCUT2D eigenvalue weighted by molar-refractivity contribution is 5.88. The van der Waals surface area contributed by atoms with Crippen LogP contribution in [0.25, 0.3) is 0 Å². The summed E-state index contributed by atoms with van der Waals surface area (Å²) in [5.41, 5.74) is 5.04. The van der Waals surface area contributed by atoms with Gasteiger partial charge in [0, 0.05) is 38.8 Å². The normalized spacial score (nSPS) is 17.4. The predicted octanol–water partition coefficient (Wildman–Crippen LogP) is 4.34. The van der Waals surface area contributed by atoms with E-state index in [4.69, 9.17) is 0 Å². The number of nitrogens with zero attached hydrogens (tertiary/aromatic N) is 2. The van der Waals surface area contributed by atoms with Crippen molar-refractivity contribution in [2.45, 2.75) is 39.7 Å². The number of carbonyl (C=O) groups excluding carboxylic acids is 1. The Kier molecular flexibility index (Phi) is 7.84. The largest absolute Gasteiger partial charge is 0.326 e. The smallest absolute Gasteiger partial charge is 0.221 e. The van der Waals surface area contributed by atoms with Crippen LogP contribution in [0.4, 0.5) is 5.69 Å². The topological polar surface area (TPSA) is 35.6 Å². The third kappa shape index (κ3) is 6.98. The van der Waals surface area contributed by atoms with Crippen LogP contribution in [-0.4, -0.2) is 48.9 Å². The van der Waals surface area contributed by atoms with Gasteiger partial charge in [0.05, 0.1) is 0 Å². The minimum Gasteiger partial charge on any atom is -0.326 e. The number of hydrogen-bond acceptors (Lipinski definition) is 3. The highest BCUT2D eigenvalue weighted by Gasteiger charge is 2.21. The van der Waals surface area contributed by atoms with Crippen molar-refractivity contribution in [2.75, 3.05) is 38.5 Å². The third-order valence-corrected chi connectivity index (χ3v) is 5.86. The van der Waals surface area contributed by atoms with E-state index in [9.17, 15) is 4.79 Å². The second-order valence-electron chi connectivity index (χ2n) is 8.56. The van der Waals surface area contributed by atoms with Gasteiger partial charge in [0.25, 0.3) is 0 Å². The second kappa shape index (κ2) is 10.6. The van der Waals surface area contributed by atoms with E-state index in [-0.39, 0.29) is 5.91 Å². The van der Waals surface area contributed by atoms with E-state index < -0.39 is 0 Å². The zero-order chi connectivity index (χ0) is 20.6. The SMILES string of the molecule is CC(=O)Nc1ccc(CN(C)C[C@@H]2CCCN(CCc3ccccc3C)C2)cc1. The number of nitrogens with one attached hydrogen (secondary N) is 1. The molecule has 0 radical (unpaired) electrons. The van der Waals surface area contributed by atoms with E-state index >= 15 is 0 Å². The zero-order valence-corrected chi connectivity index (χ0v) is 18.2. The van der Waals surface area contributed by atoms with Crippen molar-refractivity contribution in [2.24, 2.45) is 5.92 Å². The quantitative estimate of drug-likeness (QED) is 0.725. The van der Waals surface area contributed by atoms with Gasteiger partial charge in [0.1, 0.15) is 0 Å². The Morgan fingerprint density at radius 1 is 1.17 bits per heavy atom. The monoisotopic (exact) mass is 393 g/mol. The molecular weight excluding hydrogens is 358 g/mol. The van der Waals surface area contributed by atoms with Crippen LogP contribution in [0.3, 0.4) is 0 Å². The Morgan fingerprint density at radius 3 is 2.66 bits per heavy atom. The summed E-state index contributed by atoms with van der Waals surface area (Å²) in [4.78, 5) is 16.2. The molecule has 4 heteroatoms. The van der Waals surface area contributed by atoms with Gasteiger partial charge in [0.2, 0.25) is 5.91 Å².